The van der Waals surface area contributed by atoms with Crippen LogP contribution in [0.15, 0.2) is 36.9 Å². The fraction of sp³-hybridized carbons (Fsp3) is 0.333. The zero-order chi connectivity index (χ0) is 15.0. The van der Waals surface area contributed by atoms with Gasteiger partial charge in [-0.05, 0) is 30.5 Å². The number of aliphatic carboxylic acids is 1. The highest BCUT2D eigenvalue weighted by Crippen LogP contribution is 2.08. The molecule has 0 aliphatic heterocycles. The van der Waals surface area contributed by atoms with Crippen LogP contribution in [0.4, 0.5) is 4.39 Å². The summed E-state index contributed by atoms with van der Waals surface area (Å²) in [5.41, 5.74) is 0.779. The van der Waals surface area contributed by atoms with Gasteiger partial charge in [0, 0.05) is 12.5 Å². The molecule has 5 heteroatoms. The molecule has 0 aliphatic rings. The van der Waals surface area contributed by atoms with Crippen LogP contribution in [0.1, 0.15) is 24.8 Å². The second kappa shape index (κ2) is 8.09. The minimum absolute atomic E-state index is 0.169. The summed E-state index contributed by atoms with van der Waals surface area (Å²) in [6.45, 7) is 3.53. The molecular formula is C15H18FNO3. The van der Waals surface area contributed by atoms with E-state index in [4.69, 9.17) is 5.11 Å². The predicted octanol–water partition coefficient (Wildman–Crippen LogP) is 2.29. The number of halogens is 1. The van der Waals surface area contributed by atoms with E-state index in [-0.39, 0.29) is 24.6 Å². The third-order valence-corrected chi connectivity index (χ3v) is 2.76. The van der Waals surface area contributed by atoms with E-state index < -0.39 is 12.0 Å². The molecule has 0 bridgehead atoms. The second-order valence-electron chi connectivity index (χ2n) is 4.52. The van der Waals surface area contributed by atoms with Crippen LogP contribution in [0.3, 0.4) is 0 Å². The summed E-state index contributed by atoms with van der Waals surface area (Å²) in [4.78, 5) is 22.4. The van der Waals surface area contributed by atoms with Gasteiger partial charge in [-0.25, -0.2) is 4.39 Å². The number of hydrogen-bond donors (Lipinski definition) is 2. The summed E-state index contributed by atoms with van der Waals surface area (Å²) in [6.07, 6.45) is 2.64. The summed E-state index contributed by atoms with van der Waals surface area (Å²) >= 11 is 0. The molecule has 0 unspecified atom stereocenters. The molecule has 0 saturated carbocycles. The van der Waals surface area contributed by atoms with E-state index in [0.717, 1.165) is 5.56 Å². The van der Waals surface area contributed by atoms with Crippen LogP contribution >= 0.6 is 0 Å². The normalized spacial score (nSPS) is 11.7. The molecule has 0 aromatic heterocycles. The Hall–Kier alpha value is -2.17. The smallest absolute Gasteiger partial charge is 0.305 e. The number of amides is 1. The molecule has 0 aliphatic carbocycles. The molecule has 0 saturated heterocycles. The van der Waals surface area contributed by atoms with Crippen molar-refractivity contribution >= 4 is 11.9 Å². The topological polar surface area (TPSA) is 66.4 Å². The summed E-state index contributed by atoms with van der Waals surface area (Å²) in [5, 5.41) is 11.6. The first-order valence-corrected chi connectivity index (χ1v) is 6.37. The predicted molar refractivity (Wildman–Crippen MR) is 73.7 cm³/mol. The number of nitrogens with one attached hydrogen (secondary N) is 1. The first kappa shape index (κ1) is 15.9. The average Bonchev–Trinajstić information content (AvgIpc) is 2.38. The van der Waals surface area contributed by atoms with E-state index in [0.29, 0.717) is 12.8 Å². The third-order valence-electron chi connectivity index (χ3n) is 2.76. The lowest BCUT2D eigenvalue weighted by molar-refractivity contribution is -0.137. The van der Waals surface area contributed by atoms with Gasteiger partial charge in [0.1, 0.15) is 5.82 Å². The number of allylic oxidation sites excluding steroid dienone is 1. The molecule has 1 aromatic rings. The summed E-state index contributed by atoms with van der Waals surface area (Å²) < 4.78 is 12.8. The lowest BCUT2D eigenvalue weighted by Crippen LogP contribution is -2.37. The number of carbonyl (C=O) groups is 2. The minimum Gasteiger partial charge on any atom is -0.481 e. The zero-order valence-corrected chi connectivity index (χ0v) is 11.1. The number of hydrogen-bond acceptors (Lipinski definition) is 2. The largest absolute Gasteiger partial charge is 0.481 e. The van der Waals surface area contributed by atoms with Crippen LogP contribution in [0, 0.1) is 5.82 Å². The molecule has 0 radical (unpaired) electrons. The Bertz CT molecular complexity index is 471. The fourth-order valence-electron chi connectivity index (χ4n) is 1.82. The first-order chi connectivity index (χ1) is 9.51. The van der Waals surface area contributed by atoms with Gasteiger partial charge in [-0.3, -0.25) is 9.59 Å². The molecule has 1 amide bonds. The van der Waals surface area contributed by atoms with Gasteiger partial charge in [-0.2, -0.15) is 0 Å². The molecule has 1 aromatic carbocycles. The maximum absolute atomic E-state index is 12.8. The molecular weight excluding hydrogens is 261 g/mol. The molecule has 4 nitrogen and oxygen atoms in total. The van der Waals surface area contributed by atoms with Crippen molar-refractivity contribution in [3.05, 3.63) is 48.3 Å². The number of carbonyl (C=O) groups excluding carboxylic acids is 1. The van der Waals surface area contributed by atoms with Crippen LogP contribution in [0.25, 0.3) is 0 Å². The van der Waals surface area contributed by atoms with Crippen molar-refractivity contribution in [1.29, 1.82) is 0 Å². The molecule has 0 fully saturated rings. The van der Waals surface area contributed by atoms with Crippen LogP contribution in [-0.2, 0) is 16.0 Å². The highest BCUT2D eigenvalue weighted by atomic mass is 19.1. The van der Waals surface area contributed by atoms with Crippen LogP contribution in [-0.4, -0.2) is 23.0 Å². The van der Waals surface area contributed by atoms with Crippen molar-refractivity contribution in [2.24, 2.45) is 0 Å². The molecule has 20 heavy (non-hydrogen) atoms. The Morgan fingerprint density at radius 1 is 1.35 bits per heavy atom. The Labute approximate surface area is 117 Å². The van der Waals surface area contributed by atoms with Gasteiger partial charge in [-0.1, -0.05) is 18.2 Å². The number of benzene rings is 1. The Kier molecular flexibility index (Phi) is 6.43. The number of rotatable bonds is 8. The summed E-state index contributed by atoms with van der Waals surface area (Å²) in [7, 11) is 0. The Morgan fingerprint density at radius 3 is 2.55 bits per heavy atom. The number of carboxylic acid groups (broad SMARTS) is 1. The third kappa shape index (κ3) is 6.13. The number of carboxylic acids is 1. The van der Waals surface area contributed by atoms with Gasteiger partial charge in [0.15, 0.2) is 0 Å². The van der Waals surface area contributed by atoms with Crippen LogP contribution < -0.4 is 5.32 Å². The lowest BCUT2D eigenvalue weighted by atomic mass is 10.0. The van der Waals surface area contributed by atoms with Crippen molar-refractivity contribution in [1.82, 2.24) is 5.32 Å². The molecule has 1 atom stereocenters. The van der Waals surface area contributed by atoms with Crippen molar-refractivity contribution in [3.8, 4) is 0 Å². The Balaban J connectivity index is 2.63. The molecule has 0 spiro atoms. The average molecular weight is 279 g/mol. The highest BCUT2D eigenvalue weighted by Gasteiger charge is 2.16. The van der Waals surface area contributed by atoms with Gasteiger partial charge in [0.25, 0.3) is 0 Å². The van der Waals surface area contributed by atoms with Crippen LogP contribution in [0.5, 0.6) is 0 Å². The van der Waals surface area contributed by atoms with Gasteiger partial charge < -0.3 is 10.4 Å². The minimum atomic E-state index is -0.985. The fourth-order valence-corrected chi connectivity index (χ4v) is 1.82. The monoisotopic (exact) mass is 279 g/mol. The SMILES string of the molecule is C=CCCC(=O)N[C@H](CC(=O)O)Cc1ccc(F)cc1. The van der Waals surface area contributed by atoms with E-state index in [1.807, 2.05) is 0 Å². The maximum atomic E-state index is 12.8. The molecule has 1 rings (SSSR count). The second-order valence-corrected chi connectivity index (χ2v) is 4.52. The van der Waals surface area contributed by atoms with Crippen molar-refractivity contribution < 1.29 is 19.1 Å². The quantitative estimate of drug-likeness (QED) is 0.717. The van der Waals surface area contributed by atoms with E-state index in [2.05, 4.69) is 11.9 Å². The molecule has 108 valence electrons. The van der Waals surface area contributed by atoms with E-state index in [1.165, 1.54) is 12.1 Å². The van der Waals surface area contributed by atoms with Crippen molar-refractivity contribution in [2.45, 2.75) is 31.7 Å². The van der Waals surface area contributed by atoms with E-state index in [9.17, 15) is 14.0 Å². The maximum Gasteiger partial charge on any atom is 0.305 e. The van der Waals surface area contributed by atoms with Gasteiger partial charge in [-0.15, -0.1) is 6.58 Å². The van der Waals surface area contributed by atoms with Gasteiger partial charge >= 0.3 is 5.97 Å². The van der Waals surface area contributed by atoms with Gasteiger partial charge in [0.2, 0.25) is 5.91 Å². The molecule has 2 N–H and O–H groups in total. The van der Waals surface area contributed by atoms with Crippen LogP contribution in [0.2, 0.25) is 0 Å². The standard InChI is InChI=1S/C15H18FNO3/c1-2-3-4-14(18)17-13(10-15(19)20)9-11-5-7-12(16)8-6-11/h2,5-8,13H,1,3-4,9-10H2,(H,17,18)(H,19,20)/t13-/m0/s1. The highest BCUT2D eigenvalue weighted by molar-refractivity contribution is 5.77. The van der Waals surface area contributed by atoms with E-state index >= 15 is 0 Å². The van der Waals surface area contributed by atoms with Crippen molar-refractivity contribution in [2.75, 3.05) is 0 Å². The summed E-state index contributed by atoms with van der Waals surface area (Å²) in [5.74, 6) is -1.54. The van der Waals surface area contributed by atoms with Crippen molar-refractivity contribution in [3.63, 3.8) is 0 Å². The summed E-state index contributed by atoms with van der Waals surface area (Å²) in [6, 6.07) is 5.29. The molecule has 0 heterocycles. The lowest BCUT2D eigenvalue weighted by Gasteiger charge is -2.17. The van der Waals surface area contributed by atoms with E-state index in [1.54, 1.807) is 18.2 Å². The zero-order valence-electron chi connectivity index (χ0n) is 11.1. The Morgan fingerprint density at radius 2 is 2.00 bits per heavy atom. The van der Waals surface area contributed by atoms with Gasteiger partial charge in [0.05, 0.1) is 6.42 Å². The first-order valence-electron chi connectivity index (χ1n) is 6.37.